The Hall–Kier alpha value is -2.41. The smallest absolute Gasteiger partial charge is 0.118 e. The van der Waals surface area contributed by atoms with E-state index in [0.717, 1.165) is 11.9 Å². The first kappa shape index (κ1) is 19.4. The lowest BCUT2D eigenvalue weighted by Crippen LogP contribution is -2.32. The number of aryl methyl sites for hydroxylation is 1. The molecule has 0 fully saturated rings. The molecule has 0 saturated carbocycles. The van der Waals surface area contributed by atoms with E-state index in [1.807, 2.05) is 17.9 Å². The molecular formula is C23H23ClN2P+. The molecular weight excluding hydrogens is 371 g/mol. The molecule has 1 aromatic heterocycles. The van der Waals surface area contributed by atoms with Gasteiger partial charge >= 0.3 is 0 Å². The fraction of sp³-hybridized carbons (Fsp3) is 0.0870. The number of hydrogen-bond donors (Lipinski definition) is 0. The average molecular weight is 394 g/mol. The molecule has 1 heterocycles. The molecule has 0 radical (unpaired) electrons. The highest BCUT2D eigenvalue weighted by Gasteiger charge is 2.45. The topological polar surface area (TPSA) is 17.8 Å². The molecule has 0 unspecified atom stereocenters. The summed E-state index contributed by atoms with van der Waals surface area (Å²) in [7, 11) is 0.194. The SMILES string of the molecule is Cl.Cn1cnc(C[P+](c2ccccc2)(c2ccccc2)c2ccccc2)c1. The van der Waals surface area contributed by atoms with E-state index in [1.165, 1.54) is 15.9 Å². The van der Waals surface area contributed by atoms with Crippen LogP contribution in [0.2, 0.25) is 0 Å². The molecule has 0 bridgehead atoms. The first-order valence-electron chi connectivity index (χ1n) is 8.81. The molecule has 27 heavy (non-hydrogen) atoms. The lowest BCUT2D eigenvalue weighted by Gasteiger charge is -2.27. The lowest BCUT2D eigenvalue weighted by molar-refractivity contribution is 0.913. The van der Waals surface area contributed by atoms with Gasteiger partial charge in [0.25, 0.3) is 0 Å². The van der Waals surface area contributed by atoms with Crippen molar-refractivity contribution in [2.75, 3.05) is 0 Å². The van der Waals surface area contributed by atoms with Crippen LogP contribution in [0.25, 0.3) is 0 Å². The highest BCUT2D eigenvalue weighted by Crippen LogP contribution is 2.57. The Morgan fingerprint density at radius 1 is 0.704 bits per heavy atom. The van der Waals surface area contributed by atoms with E-state index >= 15 is 0 Å². The van der Waals surface area contributed by atoms with Gasteiger partial charge in [-0.05, 0) is 36.4 Å². The Labute approximate surface area is 167 Å². The van der Waals surface area contributed by atoms with E-state index in [2.05, 4.69) is 102 Å². The van der Waals surface area contributed by atoms with E-state index in [4.69, 9.17) is 0 Å². The molecule has 4 rings (SSSR count). The summed E-state index contributed by atoms with van der Waals surface area (Å²) in [6.07, 6.45) is 4.96. The lowest BCUT2D eigenvalue weighted by atomic mass is 10.4. The van der Waals surface area contributed by atoms with Crippen molar-refractivity contribution >= 4 is 35.6 Å². The first-order valence-corrected chi connectivity index (χ1v) is 10.8. The molecule has 136 valence electrons. The molecule has 3 aromatic carbocycles. The summed E-state index contributed by atoms with van der Waals surface area (Å²) < 4.78 is 2.03. The predicted molar refractivity (Wildman–Crippen MR) is 119 cm³/mol. The van der Waals surface area contributed by atoms with Crippen molar-refractivity contribution < 1.29 is 0 Å². The van der Waals surface area contributed by atoms with Crippen LogP contribution in [-0.2, 0) is 13.2 Å². The summed E-state index contributed by atoms with van der Waals surface area (Å²) in [5.41, 5.74) is 1.14. The Kier molecular flexibility index (Phi) is 6.11. The maximum Gasteiger partial charge on any atom is 0.118 e. The Morgan fingerprint density at radius 2 is 1.11 bits per heavy atom. The Morgan fingerprint density at radius 3 is 1.44 bits per heavy atom. The summed E-state index contributed by atoms with van der Waals surface area (Å²) in [6, 6.07) is 32.8. The van der Waals surface area contributed by atoms with Crippen LogP contribution in [0, 0.1) is 0 Å². The minimum Gasteiger partial charge on any atom is -0.340 e. The van der Waals surface area contributed by atoms with Gasteiger partial charge in [-0.2, -0.15) is 0 Å². The second-order valence-corrected chi connectivity index (χ2v) is 9.99. The summed E-state index contributed by atoms with van der Waals surface area (Å²) in [6.45, 7) is 0. The second kappa shape index (κ2) is 8.52. The average Bonchev–Trinajstić information content (AvgIpc) is 3.13. The van der Waals surface area contributed by atoms with Crippen LogP contribution in [0.4, 0.5) is 0 Å². The van der Waals surface area contributed by atoms with Gasteiger partial charge in [-0.15, -0.1) is 12.4 Å². The molecule has 0 aliphatic heterocycles. The molecule has 0 aliphatic rings. The molecule has 4 aromatic rings. The monoisotopic (exact) mass is 393 g/mol. The van der Waals surface area contributed by atoms with Crippen LogP contribution >= 0.6 is 19.7 Å². The number of hydrogen-bond acceptors (Lipinski definition) is 1. The van der Waals surface area contributed by atoms with Crippen molar-refractivity contribution in [3.05, 3.63) is 109 Å². The van der Waals surface area contributed by atoms with Crippen molar-refractivity contribution in [3.63, 3.8) is 0 Å². The van der Waals surface area contributed by atoms with Crippen LogP contribution in [0.5, 0.6) is 0 Å². The third-order valence-electron chi connectivity index (χ3n) is 4.75. The number of benzene rings is 3. The van der Waals surface area contributed by atoms with E-state index in [-0.39, 0.29) is 12.4 Å². The molecule has 4 heteroatoms. The standard InChI is InChI=1S/C23H22N2P.ClH/c1-25-17-20(24-19-25)18-26(21-11-5-2-6-12-21,22-13-7-3-8-14-22)23-15-9-4-10-16-23;/h2-17,19H,18H2,1H3;1H/q+1;. The number of aromatic nitrogens is 2. The molecule has 0 spiro atoms. The maximum absolute atomic E-state index is 4.67. The number of rotatable bonds is 5. The first-order chi connectivity index (χ1) is 12.8. The molecule has 0 amide bonds. The Balaban J connectivity index is 0.00000210. The zero-order valence-corrected chi connectivity index (χ0v) is 17.0. The largest absolute Gasteiger partial charge is 0.340 e. The van der Waals surface area contributed by atoms with Crippen molar-refractivity contribution in [2.45, 2.75) is 6.16 Å². The highest BCUT2D eigenvalue weighted by atomic mass is 35.5. The molecule has 0 aliphatic carbocycles. The zero-order valence-electron chi connectivity index (χ0n) is 15.3. The van der Waals surface area contributed by atoms with Gasteiger partial charge < -0.3 is 4.57 Å². The van der Waals surface area contributed by atoms with Crippen LogP contribution in [-0.4, -0.2) is 9.55 Å². The fourth-order valence-corrected chi connectivity index (χ4v) is 7.69. The summed E-state index contributed by atoms with van der Waals surface area (Å²) in [5.74, 6) is 0. The summed E-state index contributed by atoms with van der Waals surface area (Å²) in [5, 5.41) is 4.18. The van der Waals surface area contributed by atoms with Crippen LogP contribution < -0.4 is 15.9 Å². The van der Waals surface area contributed by atoms with Gasteiger partial charge in [0.05, 0.1) is 12.0 Å². The fourth-order valence-electron chi connectivity index (χ4n) is 3.56. The van der Waals surface area contributed by atoms with E-state index in [1.54, 1.807) is 0 Å². The van der Waals surface area contributed by atoms with E-state index < -0.39 is 7.26 Å². The molecule has 0 N–H and O–H groups in total. The third-order valence-corrected chi connectivity index (χ3v) is 9.09. The van der Waals surface area contributed by atoms with E-state index in [9.17, 15) is 0 Å². The van der Waals surface area contributed by atoms with Crippen molar-refractivity contribution in [2.24, 2.45) is 7.05 Å². The van der Waals surface area contributed by atoms with Gasteiger partial charge in [0.15, 0.2) is 0 Å². The van der Waals surface area contributed by atoms with E-state index in [0.29, 0.717) is 0 Å². The van der Waals surface area contributed by atoms with Crippen LogP contribution in [0.3, 0.4) is 0 Å². The van der Waals surface area contributed by atoms with Crippen molar-refractivity contribution in [1.29, 1.82) is 0 Å². The van der Waals surface area contributed by atoms with Gasteiger partial charge in [-0.3, -0.25) is 0 Å². The zero-order chi connectivity index (χ0) is 17.8. The molecule has 0 saturated heterocycles. The minimum absolute atomic E-state index is 0. The maximum atomic E-state index is 4.67. The van der Waals surface area contributed by atoms with Gasteiger partial charge in [0.2, 0.25) is 0 Å². The number of nitrogens with zero attached hydrogens (tertiary/aromatic N) is 2. The molecule has 0 atom stereocenters. The van der Waals surface area contributed by atoms with Crippen molar-refractivity contribution in [1.82, 2.24) is 9.55 Å². The molecule has 2 nitrogen and oxygen atoms in total. The predicted octanol–water partition coefficient (Wildman–Crippen LogP) is 4.34. The number of imidazole rings is 1. The quantitative estimate of drug-likeness (QED) is 0.461. The van der Waals surface area contributed by atoms with Gasteiger partial charge in [-0.1, -0.05) is 54.6 Å². The Bertz CT molecular complexity index is 872. The summed E-state index contributed by atoms with van der Waals surface area (Å²) >= 11 is 0. The second-order valence-electron chi connectivity index (χ2n) is 6.50. The van der Waals surface area contributed by atoms with Gasteiger partial charge in [0, 0.05) is 13.2 Å². The highest BCUT2D eigenvalue weighted by molar-refractivity contribution is 7.95. The van der Waals surface area contributed by atoms with Gasteiger partial charge in [0.1, 0.15) is 29.3 Å². The van der Waals surface area contributed by atoms with Crippen LogP contribution in [0.15, 0.2) is 104 Å². The minimum atomic E-state index is -1.84. The third kappa shape index (κ3) is 3.83. The van der Waals surface area contributed by atoms with Gasteiger partial charge in [-0.25, -0.2) is 4.98 Å². The van der Waals surface area contributed by atoms with Crippen molar-refractivity contribution in [3.8, 4) is 0 Å². The normalized spacial score (nSPS) is 11.0. The number of halogens is 1. The van der Waals surface area contributed by atoms with Crippen LogP contribution in [0.1, 0.15) is 5.69 Å². The summed E-state index contributed by atoms with van der Waals surface area (Å²) in [4.78, 5) is 4.67.